The lowest BCUT2D eigenvalue weighted by Gasteiger charge is -2.16. The number of thioether (sulfide) groups is 1. The summed E-state index contributed by atoms with van der Waals surface area (Å²) in [5, 5.41) is 7.78. The molecular formula is C22H20ClN5O2S. The Balaban J connectivity index is 1.64. The number of rotatable bonds is 6. The number of aromatic nitrogens is 4. The van der Waals surface area contributed by atoms with Gasteiger partial charge < -0.3 is 10.1 Å². The monoisotopic (exact) mass is 453 g/mol. The number of nitrogens with zero attached hydrogens (tertiary/aromatic N) is 4. The maximum Gasteiger partial charge on any atom is 0.253 e. The molecule has 0 aliphatic carbocycles. The number of ether oxygens (including phenoxy) is 1. The van der Waals surface area contributed by atoms with Crippen molar-refractivity contribution in [2.45, 2.75) is 24.3 Å². The van der Waals surface area contributed by atoms with E-state index in [0.717, 1.165) is 17.0 Å². The predicted octanol–water partition coefficient (Wildman–Crippen LogP) is 4.88. The van der Waals surface area contributed by atoms with Crippen LogP contribution in [0, 0.1) is 13.8 Å². The molecule has 0 aliphatic rings. The second-order valence-corrected chi connectivity index (χ2v) is 8.37. The maximum absolute atomic E-state index is 13.2. The van der Waals surface area contributed by atoms with E-state index in [1.54, 1.807) is 29.8 Å². The van der Waals surface area contributed by atoms with Gasteiger partial charge in [-0.15, -0.1) is 5.10 Å². The fourth-order valence-corrected chi connectivity index (χ4v) is 4.35. The van der Waals surface area contributed by atoms with Gasteiger partial charge in [0.05, 0.1) is 12.1 Å². The highest BCUT2D eigenvalue weighted by atomic mass is 35.5. The molecule has 158 valence electrons. The number of halogens is 1. The molecule has 2 heterocycles. The first-order chi connectivity index (χ1) is 14.9. The summed E-state index contributed by atoms with van der Waals surface area (Å²) < 4.78 is 6.85. The fourth-order valence-electron chi connectivity index (χ4n) is 3.16. The molecule has 31 heavy (non-hydrogen) atoms. The molecule has 1 N–H and O–H groups in total. The summed E-state index contributed by atoms with van der Waals surface area (Å²) in [6.45, 7) is 3.86. The molecule has 0 bridgehead atoms. The molecule has 2 aromatic heterocycles. The number of benzene rings is 2. The quantitative estimate of drug-likeness (QED) is 0.419. The van der Waals surface area contributed by atoms with Gasteiger partial charge in [-0.3, -0.25) is 4.79 Å². The van der Waals surface area contributed by atoms with Gasteiger partial charge in [-0.2, -0.15) is 4.98 Å². The lowest BCUT2D eigenvalue weighted by molar-refractivity contribution is -0.115. The Labute approximate surface area is 188 Å². The Hall–Kier alpha value is -3.10. The highest BCUT2D eigenvalue weighted by Gasteiger charge is 2.25. The normalized spacial score (nSPS) is 12.0. The molecule has 1 amide bonds. The maximum atomic E-state index is 13.2. The van der Waals surface area contributed by atoms with Crippen molar-refractivity contribution in [2.75, 3.05) is 12.4 Å². The van der Waals surface area contributed by atoms with Gasteiger partial charge in [-0.25, -0.2) is 9.50 Å². The summed E-state index contributed by atoms with van der Waals surface area (Å²) in [6, 6.07) is 16.6. The van der Waals surface area contributed by atoms with Crippen LogP contribution < -0.4 is 10.1 Å². The second-order valence-electron chi connectivity index (χ2n) is 6.89. The van der Waals surface area contributed by atoms with Crippen molar-refractivity contribution >= 4 is 40.7 Å². The Morgan fingerprint density at radius 2 is 1.90 bits per heavy atom. The van der Waals surface area contributed by atoms with E-state index >= 15 is 0 Å². The summed E-state index contributed by atoms with van der Waals surface area (Å²) in [6.07, 6.45) is 0. The van der Waals surface area contributed by atoms with Crippen LogP contribution in [0.5, 0.6) is 5.75 Å². The number of carbonyl (C=O) groups excluding carboxylic acids is 1. The fraction of sp³-hybridized carbons (Fsp3) is 0.182. The SMILES string of the molecule is COc1ccc(NC(=O)[C@H](Sc2nc3nc(C)cc(C)n3n2)c2ccccc2)cc1Cl. The lowest BCUT2D eigenvalue weighted by atomic mass is 10.1. The van der Waals surface area contributed by atoms with Crippen LogP contribution in [-0.2, 0) is 4.79 Å². The lowest BCUT2D eigenvalue weighted by Crippen LogP contribution is -2.19. The molecule has 9 heteroatoms. The summed E-state index contributed by atoms with van der Waals surface area (Å²) in [7, 11) is 1.54. The van der Waals surface area contributed by atoms with Crippen molar-refractivity contribution in [1.82, 2.24) is 19.6 Å². The summed E-state index contributed by atoms with van der Waals surface area (Å²) in [4.78, 5) is 22.2. The van der Waals surface area contributed by atoms with Crippen molar-refractivity contribution < 1.29 is 9.53 Å². The third-order valence-corrected chi connectivity index (χ3v) is 5.98. The van der Waals surface area contributed by atoms with Gasteiger partial charge in [-0.1, -0.05) is 53.7 Å². The minimum Gasteiger partial charge on any atom is -0.495 e. The van der Waals surface area contributed by atoms with Gasteiger partial charge in [-0.05, 0) is 43.7 Å². The van der Waals surface area contributed by atoms with E-state index in [1.807, 2.05) is 50.2 Å². The third-order valence-electron chi connectivity index (χ3n) is 4.58. The van der Waals surface area contributed by atoms with Crippen LogP contribution in [0.4, 0.5) is 5.69 Å². The third kappa shape index (κ3) is 4.65. The van der Waals surface area contributed by atoms with Crippen molar-refractivity contribution in [3.63, 3.8) is 0 Å². The van der Waals surface area contributed by atoms with E-state index in [9.17, 15) is 4.79 Å². The number of fused-ring (bicyclic) bond motifs is 1. The second kappa shape index (κ2) is 8.95. The molecule has 0 aliphatic heterocycles. The highest BCUT2D eigenvalue weighted by Crippen LogP contribution is 2.35. The van der Waals surface area contributed by atoms with Crippen molar-refractivity contribution in [3.8, 4) is 5.75 Å². The first-order valence-electron chi connectivity index (χ1n) is 9.51. The van der Waals surface area contributed by atoms with Gasteiger partial charge >= 0.3 is 0 Å². The molecular weight excluding hydrogens is 434 g/mol. The van der Waals surface area contributed by atoms with Crippen LogP contribution in [-0.4, -0.2) is 32.6 Å². The molecule has 0 radical (unpaired) electrons. The van der Waals surface area contributed by atoms with Gasteiger partial charge in [0.15, 0.2) is 0 Å². The minimum absolute atomic E-state index is 0.211. The number of hydrogen-bond acceptors (Lipinski definition) is 6. The van der Waals surface area contributed by atoms with Gasteiger partial charge in [0, 0.05) is 17.1 Å². The van der Waals surface area contributed by atoms with E-state index in [4.69, 9.17) is 16.3 Å². The Morgan fingerprint density at radius 3 is 2.61 bits per heavy atom. The van der Waals surface area contributed by atoms with E-state index < -0.39 is 5.25 Å². The molecule has 4 rings (SSSR count). The molecule has 7 nitrogen and oxygen atoms in total. The molecule has 2 aromatic carbocycles. The van der Waals surface area contributed by atoms with Crippen molar-refractivity contribution in [2.24, 2.45) is 0 Å². The number of aryl methyl sites for hydroxylation is 2. The molecule has 0 saturated carbocycles. The molecule has 4 aromatic rings. The Bertz CT molecular complexity index is 1250. The summed E-state index contributed by atoms with van der Waals surface area (Å²) in [5.74, 6) is 0.840. The van der Waals surface area contributed by atoms with Crippen LogP contribution >= 0.6 is 23.4 Å². The highest BCUT2D eigenvalue weighted by molar-refractivity contribution is 8.00. The van der Waals surface area contributed by atoms with Gasteiger partial charge in [0.1, 0.15) is 11.0 Å². The largest absolute Gasteiger partial charge is 0.495 e. The van der Waals surface area contributed by atoms with Crippen molar-refractivity contribution in [3.05, 3.63) is 76.6 Å². The molecule has 0 unspecified atom stereocenters. The molecule has 0 spiro atoms. The van der Waals surface area contributed by atoms with Crippen LogP contribution in [0.15, 0.2) is 59.8 Å². The van der Waals surface area contributed by atoms with Crippen molar-refractivity contribution in [1.29, 1.82) is 0 Å². The zero-order valence-corrected chi connectivity index (χ0v) is 18.7. The zero-order chi connectivity index (χ0) is 22.0. The summed E-state index contributed by atoms with van der Waals surface area (Å²) >= 11 is 7.47. The molecule has 0 fully saturated rings. The van der Waals surface area contributed by atoms with Crippen LogP contribution in [0.3, 0.4) is 0 Å². The number of anilines is 1. The molecule has 0 saturated heterocycles. The smallest absolute Gasteiger partial charge is 0.253 e. The van der Waals surface area contributed by atoms with Gasteiger partial charge in [0.25, 0.3) is 5.78 Å². The standard InChI is InChI=1S/C22H20ClN5O2S/c1-13-11-14(2)28-21(24-13)26-22(27-28)31-19(15-7-5-4-6-8-15)20(29)25-16-9-10-18(30-3)17(23)12-16/h4-12,19H,1-3H3,(H,25,29)/t19-/m1/s1. The zero-order valence-electron chi connectivity index (χ0n) is 17.2. The topological polar surface area (TPSA) is 81.4 Å². The van der Waals surface area contributed by atoms with Crippen LogP contribution in [0.1, 0.15) is 22.2 Å². The number of amides is 1. The first-order valence-corrected chi connectivity index (χ1v) is 10.8. The molecule has 1 atom stereocenters. The number of carbonyl (C=O) groups is 1. The Kier molecular flexibility index (Phi) is 6.11. The van der Waals surface area contributed by atoms with Crippen LogP contribution in [0.2, 0.25) is 5.02 Å². The number of nitrogens with one attached hydrogen (secondary N) is 1. The number of methoxy groups -OCH3 is 1. The van der Waals surface area contributed by atoms with E-state index in [2.05, 4.69) is 20.4 Å². The van der Waals surface area contributed by atoms with Crippen LogP contribution in [0.25, 0.3) is 5.78 Å². The Morgan fingerprint density at radius 1 is 1.13 bits per heavy atom. The minimum atomic E-state index is -0.569. The van der Waals surface area contributed by atoms with Gasteiger partial charge in [0.2, 0.25) is 11.1 Å². The number of hydrogen-bond donors (Lipinski definition) is 1. The summed E-state index contributed by atoms with van der Waals surface area (Å²) in [5.41, 5.74) is 3.20. The van der Waals surface area contributed by atoms with E-state index in [-0.39, 0.29) is 5.91 Å². The predicted molar refractivity (Wildman–Crippen MR) is 122 cm³/mol. The average molecular weight is 454 g/mol. The first kappa shape index (κ1) is 21.1. The average Bonchev–Trinajstić information content (AvgIpc) is 3.15. The van der Waals surface area contributed by atoms with E-state index in [1.165, 1.54) is 11.8 Å². The van der Waals surface area contributed by atoms with E-state index in [0.29, 0.717) is 27.4 Å².